The number of piperazine rings is 1. The van der Waals surface area contributed by atoms with E-state index in [4.69, 9.17) is 9.47 Å². The highest BCUT2D eigenvalue weighted by molar-refractivity contribution is 6.04. The normalized spacial score (nSPS) is 13.9. The number of likely N-dealkylation sites (N-methyl/N-ethyl adjacent to an activating group) is 1. The molecule has 2 aromatic heterocycles. The summed E-state index contributed by atoms with van der Waals surface area (Å²) in [4.78, 5) is 33.8. The number of nitrogens with one attached hydrogen (secondary N) is 1. The van der Waals surface area contributed by atoms with Gasteiger partial charge in [0.1, 0.15) is 5.82 Å². The zero-order valence-electron chi connectivity index (χ0n) is 21.3. The number of hydrogen-bond acceptors (Lipinski definition) is 7. The van der Waals surface area contributed by atoms with Crippen LogP contribution in [0.4, 0.5) is 10.1 Å². The first-order valence-corrected chi connectivity index (χ1v) is 12.0. The van der Waals surface area contributed by atoms with E-state index in [0.29, 0.717) is 35.9 Å². The Balaban J connectivity index is 1.36. The van der Waals surface area contributed by atoms with Gasteiger partial charge in [-0.25, -0.2) is 13.9 Å². The summed E-state index contributed by atoms with van der Waals surface area (Å²) in [5.41, 5.74) is 2.22. The smallest absolute Gasteiger partial charge is 0.276 e. The van der Waals surface area contributed by atoms with Crippen molar-refractivity contribution in [2.24, 2.45) is 0 Å². The van der Waals surface area contributed by atoms with Crippen molar-refractivity contribution in [1.82, 2.24) is 24.4 Å². The van der Waals surface area contributed by atoms with Crippen LogP contribution in [0.15, 0.2) is 54.7 Å². The predicted molar refractivity (Wildman–Crippen MR) is 139 cm³/mol. The topological polar surface area (TPSA) is 101 Å². The Hall–Kier alpha value is -4.51. The van der Waals surface area contributed by atoms with E-state index >= 15 is 0 Å². The number of benzene rings is 2. The van der Waals surface area contributed by atoms with Crippen molar-refractivity contribution in [3.05, 3.63) is 71.8 Å². The molecule has 0 atom stereocenters. The van der Waals surface area contributed by atoms with Crippen LogP contribution >= 0.6 is 0 Å². The summed E-state index contributed by atoms with van der Waals surface area (Å²) < 4.78 is 27.1. The van der Waals surface area contributed by atoms with Crippen LogP contribution in [0.2, 0.25) is 0 Å². The fourth-order valence-electron chi connectivity index (χ4n) is 4.36. The van der Waals surface area contributed by atoms with Crippen LogP contribution in [0.5, 0.6) is 11.5 Å². The highest BCUT2D eigenvalue weighted by Crippen LogP contribution is 2.32. The van der Waals surface area contributed by atoms with Gasteiger partial charge in [-0.15, -0.1) is 0 Å². The Morgan fingerprint density at radius 3 is 2.42 bits per heavy atom. The molecule has 0 spiro atoms. The molecule has 1 aliphatic rings. The van der Waals surface area contributed by atoms with Gasteiger partial charge in [0.2, 0.25) is 0 Å². The third-order valence-electron chi connectivity index (χ3n) is 6.52. The highest BCUT2D eigenvalue weighted by Gasteiger charge is 2.23. The first-order valence-electron chi connectivity index (χ1n) is 12.0. The van der Waals surface area contributed by atoms with Gasteiger partial charge < -0.3 is 24.6 Å². The summed E-state index contributed by atoms with van der Waals surface area (Å²) in [7, 11) is 5.10. The predicted octanol–water partition coefficient (Wildman–Crippen LogP) is 3.19. The molecule has 2 aromatic carbocycles. The van der Waals surface area contributed by atoms with Crippen LogP contribution in [-0.2, 0) is 0 Å². The molecule has 10 nitrogen and oxygen atoms in total. The molecule has 1 fully saturated rings. The van der Waals surface area contributed by atoms with Gasteiger partial charge in [-0.1, -0.05) is 0 Å². The molecular weight excluding hydrogens is 491 g/mol. The third kappa shape index (κ3) is 4.88. The maximum Gasteiger partial charge on any atom is 0.276 e. The van der Waals surface area contributed by atoms with Gasteiger partial charge in [-0.3, -0.25) is 9.59 Å². The number of amides is 2. The van der Waals surface area contributed by atoms with Gasteiger partial charge in [-0.2, -0.15) is 5.10 Å². The van der Waals surface area contributed by atoms with Crippen molar-refractivity contribution in [2.75, 3.05) is 52.8 Å². The number of hydrogen-bond donors (Lipinski definition) is 1. The molecule has 2 amide bonds. The zero-order valence-corrected chi connectivity index (χ0v) is 21.3. The molecule has 38 heavy (non-hydrogen) atoms. The summed E-state index contributed by atoms with van der Waals surface area (Å²) in [5, 5.41) is 7.08. The van der Waals surface area contributed by atoms with Crippen LogP contribution in [0.3, 0.4) is 0 Å². The van der Waals surface area contributed by atoms with Crippen LogP contribution in [0.1, 0.15) is 20.8 Å². The number of halogens is 1. The monoisotopic (exact) mass is 518 g/mol. The third-order valence-corrected chi connectivity index (χ3v) is 6.52. The van der Waals surface area contributed by atoms with Crippen molar-refractivity contribution in [2.45, 2.75) is 0 Å². The fourth-order valence-corrected chi connectivity index (χ4v) is 4.36. The molecule has 4 aromatic rings. The number of carbonyl (C=O) groups excluding carboxylic acids is 2. The first-order chi connectivity index (χ1) is 18.4. The molecule has 3 heterocycles. The van der Waals surface area contributed by atoms with Gasteiger partial charge in [0.05, 0.1) is 25.5 Å². The van der Waals surface area contributed by atoms with Crippen molar-refractivity contribution in [1.29, 1.82) is 0 Å². The number of ether oxygens (including phenoxy) is 2. The number of rotatable bonds is 6. The van der Waals surface area contributed by atoms with Crippen LogP contribution in [-0.4, -0.2) is 83.7 Å². The molecule has 1 aliphatic heterocycles. The quantitative estimate of drug-likeness (QED) is 0.418. The van der Waals surface area contributed by atoms with Gasteiger partial charge in [0, 0.05) is 49.7 Å². The van der Waals surface area contributed by atoms with Crippen molar-refractivity contribution in [3.63, 3.8) is 0 Å². The minimum absolute atomic E-state index is 0.0240. The van der Waals surface area contributed by atoms with E-state index in [1.165, 1.54) is 12.1 Å². The summed E-state index contributed by atoms with van der Waals surface area (Å²) in [5.74, 6) is -0.449. The first kappa shape index (κ1) is 25.2. The Morgan fingerprint density at radius 1 is 0.947 bits per heavy atom. The van der Waals surface area contributed by atoms with E-state index in [-0.39, 0.29) is 22.9 Å². The molecule has 0 radical (unpaired) electrons. The minimum atomic E-state index is -0.695. The summed E-state index contributed by atoms with van der Waals surface area (Å²) in [6.07, 6.45) is 1.62. The highest BCUT2D eigenvalue weighted by atomic mass is 19.1. The molecule has 0 aliphatic carbocycles. The van der Waals surface area contributed by atoms with Gasteiger partial charge in [0.15, 0.2) is 22.8 Å². The van der Waals surface area contributed by atoms with Gasteiger partial charge >= 0.3 is 0 Å². The molecule has 5 rings (SSSR count). The number of carbonyl (C=O) groups is 2. The average molecular weight is 519 g/mol. The minimum Gasteiger partial charge on any atom is -0.493 e. The maximum absolute atomic E-state index is 14.9. The lowest BCUT2D eigenvalue weighted by Crippen LogP contribution is -2.47. The van der Waals surface area contributed by atoms with E-state index < -0.39 is 11.7 Å². The van der Waals surface area contributed by atoms with Gasteiger partial charge in [-0.05, 0) is 49.5 Å². The lowest BCUT2D eigenvalue weighted by Gasteiger charge is -2.32. The molecule has 0 bridgehead atoms. The average Bonchev–Trinajstić information content (AvgIpc) is 3.38. The zero-order chi connectivity index (χ0) is 26.8. The molecule has 0 unspecified atom stereocenters. The molecule has 0 saturated carbocycles. The van der Waals surface area contributed by atoms with E-state index in [9.17, 15) is 14.0 Å². The lowest BCUT2D eigenvalue weighted by molar-refractivity contribution is 0.0659. The van der Waals surface area contributed by atoms with Crippen molar-refractivity contribution < 1.29 is 23.5 Å². The summed E-state index contributed by atoms with van der Waals surface area (Å²) in [6, 6.07) is 12.8. The van der Waals surface area contributed by atoms with E-state index in [0.717, 1.165) is 24.7 Å². The van der Waals surface area contributed by atoms with E-state index in [2.05, 4.69) is 20.3 Å². The lowest BCUT2D eigenvalue weighted by atomic mass is 10.1. The number of nitrogens with zero attached hydrogens (tertiary/aromatic N) is 5. The Labute approximate surface area is 218 Å². The van der Waals surface area contributed by atoms with E-state index in [1.807, 2.05) is 19.2 Å². The van der Waals surface area contributed by atoms with E-state index in [1.54, 1.807) is 48.0 Å². The molecule has 196 valence electrons. The van der Waals surface area contributed by atoms with Crippen molar-refractivity contribution >= 4 is 23.1 Å². The maximum atomic E-state index is 14.9. The van der Waals surface area contributed by atoms with Gasteiger partial charge in [0.25, 0.3) is 11.8 Å². The SMILES string of the molecule is COc1ccc(-c2ccnc3cc(C(=O)Nc4ccc(C(=O)N5CCN(C)CC5)c(F)c4)nn23)cc1OC. The second-order valence-electron chi connectivity index (χ2n) is 8.94. The Morgan fingerprint density at radius 2 is 1.71 bits per heavy atom. The number of anilines is 1. The summed E-state index contributed by atoms with van der Waals surface area (Å²) >= 11 is 0. The molecule has 11 heteroatoms. The Bertz CT molecular complexity index is 1510. The molecule has 1 N–H and O–H groups in total. The number of fused-ring (bicyclic) bond motifs is 1. The molecular formula is C27H27FN6O4. The summed E-state index contributed by atoms with van der Waals surface area (Å²) in [6.45, 7) is 2.56. The standard InChI is InChI=1S/C27H27FN6O4/c1-32-10-12-33(13-11-32)27(36)19-6-5-18(15-20(19)28)30-26(35)21-16-25-29-9-8-22(34(25)31-21)17-4-7-23(37-2)24(14-17)38-3/h4-9,14-16H,10-13H2,1-3H3,(H,30,35). The van der Waals surface area contributed by atoms with Crippen LogP contribution < -0.4 is 14.8 Å². The fraction of sp³-hybridized carbons (Fsp3) is 0.259. The number of methoxy groups -OCH3 is 2. The second kappa shape index (κ2) is 10.5. The van der Waals surface area contributed by atoms with Crippen LogP contribution in [0, 0.1) is 5.82 Å². The molecule has 1 saturated heterocycles. The number of aromatic nitrogens is 3. The largest absolute Gasteiger partial charge is 0.493 e. The van der Waals surface area contributed by atoms with Crippen molar-refractivity contribution in [3.8, 4) is 22.8 Å². The second-order valence-corrected chi connectivity index (χ2v) is 8.94. The van der Waals surface area contributed by atoms with Crippen LogP contribution in [0.25, 0.3) is 16.9 Å². The Kier molecular flexibility index (Phi) is 6.93.